The smallest absolute Gasteiger partial charge is 0.0629 e. The van der Waals surface area contributed by atoms with E-state index in [2.05, 4.69) is 222 Å². The molecule has 5 unspecified atom stereocenters. The van der Waals surface area contributed by atoms with Crippen LogP contribution in [0.1, 0.15) is 40.9 Å². The molecule has 2 aliphatic heterocycles. The van der Waals surface area contributed by atoms with Gasteiger partial charge in [-0.2, -0.15) is 0 Å². The minimum atomic E-state index is 0.250. The average molecular weight is 719 g/mol. The molecule has 268 valence electrons. The van der Waals surface area contributed by atoms with Gasteiger partial charge in [0.25, 0.3) is 0 Å². The molecule has 2 heteroatoms. The van der Waals surface area contributed by atoms with Crippen molar-refractivity contribution in [3.63, 3.8) is 0 Å². The van der Waals surface area contributed by atoms with Crippen molar-refractivity contribution in [1.29, 1.82) is 0 Å². The summed E-state index contributed by atoms with van der Waals surface area (Å²) in [7, 11) is 0. The lowest BCUT2D eigenvalue weighted by atomic mass is 9.88. The zero-order valence-corrected chi connectivity index (χ0v) is 31.2. The maximum Gasteiger partial charge on any atom is 0.0629 e. The molecule has 0 fully saturated rings. The lowest BCUT2D eigenvalue weighted by Gasteiger charge is -2.33. The number of anilines is 3. The molecule has 0 radical (unpaired) electrons. The Hall–Kier alpha value is -6.64. The first kappa shape index (κ1) is 32.8. The molecule has 0 saturated heterocycles. The van der Waals surface area contributed by atoms with Gasteiger partial charge in [0, 0.05) is 40.5 Å². The van der Waals surface area contributed by atoms with Gasteiger partial charge < -0.3 is 9.80 Å². The van der Waals surface area contributed by atoms with Gasteiger partial charge in [-0.1, -0.05) is 170 Å². The van der Waals surface area contributed by atoms with Crippen LogP contribution in [-0.4, -0.2) is 12.1 Å². The molecule has 2 heterocycles. The van der Waals surface area contributed by atoms with Crippen LogP contribution in [-0.2, 0) is 0 Å². The highest BCUT2D eigenvalue weighted by molar-refractivity contribution is 5.82. The van der Waals surface area contributed by atoms with Crippen molar-refractivity contribution in [1.82, 2.24) is 0 Å². The third kappa shape index (κ3) is 5.56. The second kappa shape index (κ2) is 13.6. The number of nitrogens with zero attached hydrogens (tertiary/aromatic N) is 2. The Bertz CT molecular complexity index is 2640. The molecule has 0 saturated carbocycles. The van der Waals surface area contributed by atoms with Crippen molar-refractivity contribution in [3.8, 4) is 33.4 Å². The lowest BCUT2D eigenvalue weighted by Crippen LogP contribution is -2.33. The van der Waals surface area contributed by atoms with E-state index in [0.717, 1.165) is 6.42 Å². The first-order valence-electron chi connectivity index (χ1n) is 20.0. The zero-order valence-electron chi connectivity index (χ0n) is 31.2. The fourth-order valence-corrected chi connectivity index (χ4v) is 9.77. The molecule has 0 aromatic heterocycles. The molecular weight excluding hydrogens is 677 g/mol. The maximum atomic E-state index is 2.60. The largest absolute Gasteiger partial charge is 0.337 e. The number of rotatable bonds is 6. The van der Waals surface area contributed by atoms with Crippen LogP contribution in [0.5, 0.6) is 0 Å². The predicted octanol–water partition coefficient (Wildman–Crippen LogP) is 13.4. The van der Waals surface area contributed by atoms with Crippen molar-refractivity contribution in [2.45, 2.75) is 36.3 Å². The second-order valence-corrected chi connectivity index (χ2v) is 15.6. The summed E-state index contributed by atoms with van der Waals surface area (Å²) in [6, 6.07) is 54.5. The summed E-state index contributed by atoms with van der Waals surface area (Å²) in [6.45, 7) is 0. The zero-order chi connectivity index (χ0) is 37.0. The lowest BCUT2D eigenvalue weighted by molar-refractivity contribution is 0.682. The van der Waals surface area contributed by atoms with Crippen LogP contribution in [0.25, 0.3) is 33.4 Å². The van der Waals surface area contributed by atoms with Gasteiger partial charge in [-0.25, -0.2) is 0 Å². The molecule has 3 aliphatic carbocycles. The molecule has 0 amide bonds. The third-order valence-corrected chi connectivity index (χ3v) is 12.5. The highest BCUT2D eigenvalue weighted by Gasteiger charge is 2.40. The molecule has 5 aliphatic rings. The molecule has 6 aromatic rings. The number of benzene rings is 6. The third-order valence-electron chi connectivity index (χ3n) is 12.5. The van der Waals surface area contributed by atoms with Crippen LogP contribution in [0, 0.1) is 0 Å². The van der Waals surface area contributed by atoms with Crippen molar-refractivity contribution in [2.24, 2.45) is 0 Å². The van der Waals surface area contributed by atoms with Crippen LogP contribution in [0.2, 0.25) is 0 Å². The van der Waals surface area contributed by atoms with Crippen molar-refractivity contribution in [3.05, 3.63) is 235 Å². The summed E-state index contributed by atoms with van der Waals surface area (Å²) in [6.07, 6.45) is 26.3. The van der Waals surface area contributed by atoms with E-state index >= 15 is 0 Å². The van der Waals surface area contributed by atoms with Crippen LogP contribution in [0.15, 0.2) is 218 Å². The standard InChI is InChI=1S/C54H42N2/c1-3-13-37(14-4-1)41-17-11-19-45(33-41)55-51-23-9-7-21-47(51)49-35-43(29-31-53(49)55)39-25-27-40(28-26-39)44-30-32-54-50(36-44)48-22-8-10-24-52(48)56(54)46-20-12-18-42(34-46)38-15-5-2-6-16-38/h1-33,35-36,42,47-48,51-52H,34H2. The van der Waals surface area contributed by atoms with Crippen molar-refractivity contribution in [2.75, 3.05) is 9.80 Å². The van der Waals surface area contributed by atoms with Gasteiger partial charge in [-0.05, 0) is 99.0 Å². The van der Waals surface area contributed by atoms with Gasteiger partial charge in [-0.15, -0.1) is 0 Å². The molecule has 5 atom stereocenters. The topological polar surface area (TPSA) is 6.48 Å². The van der Waals surface area contributed by atoms with Gasteiger partial charge >= 0.3 is 0 Å². The van der Waals surface area contributed by atoms with E-state index in [-0.39, 0.29) is 6.04 Å². The Balaban J connectivity index is 0.884. The Morgan fingerprint density at radius 2 is 0.911 bits per heavy atom. The van der Waals surface area contributed by atoms with Gasteiger partial charge in [0.15, 0.2) is 0 Å². The Morgan fingerprint density at radius 3 is 1.57 bits per heavy atom. The number of hydrogen-bond acceptors (Lipinski definition) is 2. The summed E-state index contributed by atoms with van der Waals surface area (Å²) >= 11 is 0. The normalized spacial score (nSPS) is 22.4. The van der Waals surface area contributed by atoms with E-state index in [1.807, 2.05) is 0 Å². The van der Waals surface area contributed by atoms with E-state index < -0.39 is 0 Å². The van der Waals surface area contributed by atoms with Crippen LogP contribution in [0.4, 0.5) is 17.1 Å². The van der Waals surface area contributed by atoms with Crippen LogP contribution in [0.3, 0.4) is 0 Å². The summed E-state index contributed by atoms with van der Waals surface area (Å²) < 4.78 is 0. The molecule has 2 nitrogen and oxygen atoms in total. The van der Waals surface area contributed by atoms with Crippen LogP contribution < -0.4 is 9.80 Å². The van der Waals surface area contributed by atoms with E-state index in [9.17, 15) is 0 Å². The summed E-state index contributed by atoms with van der Waals surface area (Å²) in [4.78, 5) is 5.13. The number of hydrogen-bond donors (Lipinski definition) is 0. The SMILES string of the molecule is C1=CC(c2ccccc2)CC(N2c3ccc(-c4ccc(-c5ccc6c(c5)C5C=CC=CC5N6c5cccc(-c6ccccc6)c5)cc4)cc3C3C=CC=CC32)=C1. The predicted molar refractivity (Wildman–Crippen MR) is 234 cm³/mol. The maximum absolute atomic E-state index is 2.60. The summed E-state index contributed by atoms with van der Waals surface area (Å²) in [5.41, 5.74) is 16.9. The monoisotopic (exact) mass is 718 g/mol. The Morgan fingerprint density at radius 1 is 0.393 bits per heavy atom. The highest BCUT2D eigenvalue weighted by atomic mass is 15.2. The minimum absolute atomic E-state index is 0.250. The van der Waals surface area contributed by atoms with Gasteiger partial charge in [0.1, 0.15) is 0 Å². The Labute approximate surface area is 330 Å². The average Bonchev–Trinajstić information content (AvgIpc) is 3.79. The fraction of sp³-hybridized carbons (Fsp3) is 0.111. The number of allylic oxidation sites excluding steroid dienone is 8. The van der Waals surface area contributed by atoms with Gasteiger partial charge in [0.2, 0.25) is 0 Å². The van der Waals surface area contributed by atoms with Gasteiger partial charge in [-0.3, -0.25) is 0 Å². The van der Waals surface area contributed by atoms with E-state index in [4.69, 9.17) is 0 Å². The van der Waals surface area contributed by atoms with Crippen LogP contribution >= 0.6 is 0 Å². The fourth-order valence-electron chi connectivity index (χ4n) is 9.77. The van der Waals surface area contributed by atoms with E-state index in [1.54, 1.807) is 0 Å². The number of fused-ring (bicyclic) bond motifs is 6. The summed E-state index contributed by atoms with van der Waals surface area (Å²) in [5, 5.41) is 0. The van der Waals surface area contributed by atoms with Crippen molar-refractivity contribution >= 4 is 17.1 Å². The second-order valence-electron chi connectivity index (χ2n) is 15.6. The Kier molecular flexibility index (Phi) is 7.95. The first-order valence-corrected chi connectivity index (χ1v) is 20.0. The molecule has 6 aromatic carbocycles. The first-order chi connectivity index (χ1) is 27.8. The molecule has 0 bridgehead atoms. The molecule has 56 heavy (non-hydrogen) atoms. The van der Waals surface area contributed by atoms with E-state index in [1.165, 1.54) is 72.8 Å². The van der Waals surface area contributed by atoms with Gasteiger partial charge in [0.05, 0.1) is 12.1 Å². The minimum Gasteiger partial charge on any atom is -0.337 e. The molecule has 0 spiro atoms. The molecular formula is C54H42N2. The quantitative estimate of drug-likeness (QED) is 0.169. The molecule has 11 rings (SSSR count). The van der Waals surface area contributed by atoms with E-state index in [0.29, 0.717) is 23.8 Å². The molecule has 0 N–H and O–H groups in total. The van der Waals surface area contributed by atoms with Crippen molar-refractivity contribution < 1.29 is 0 Å². The highest BCUT2D eigenvalue weighted by Crippen LogP contribution is 2.51. The summed E-state index contributed by atoms with van der Waals surface area (Å²) in [5.74, 6) is 1.02.